The highest BCUT2D eigenvalue weighted by molar-refractivity contribution is 6.73. The normalized spacial score (nSPS) is 11.3. The van der Waals surface area contributed by atoms with Gasteiger partial charge in [-0.15, -0.1) is 5.46 Å². The van der Waals surface area contributed by atoms with Crippen molar-refractivity contribution in [3.05, 3.63) is 24.3 Å². The van der Waals surface area contributed by atoms with E-state index in [9.17, 15) is 12.9 Å². The van der Waals surface area contributed by atoms with Gasteiger partial charge in [0.1, 0.15) is 0 Å². The van der Waals surface area contributed by atoms with Gasteiger partial charge in [0.2, 0.25) is 0 Å². The zero-order valence-corrected chi connectivity index (χ0v) is 6.52. The lowest BCUT2D eigenvalue weighted by Gasteiger charge is -2.14. The highest BCUT2D eigenvalue weighted by atomic mass is 19.4. The molecule has 0 radical (unpaired) electrons. The first kappa shape index (κ1) is 8.97. The molecule has 0 saturated heterocycles. The van der Waals surface area contributed by atoms with Crippen molar-refractivity contribution in [3.63, 3.8) is 0 Å². The van der Waals surface area contributed by atoms with E-state index in [0.29, 0.717) is 5.69 Å². The van der Waals surface area contributed by atoms with Gasteiger partial charge in [0.05, 0.1) is 0 Å². The van der Waals surface area contributed by atoms with Crippen LogP contribution < -0.4 is 10.8 Å². The molecule has 0 bridgehead atoms. The number of anilines is 1. The van der Waals surface area contributed by atoms with Crippen LogP contribution in [-0.2, 0) is 0 Å². The predicted molar refractivity (Wildman–Crippen MR) is 44.7 cm³/mol. The van der Waals surface area contributed by atoms with E-state index in [1.807, 2.05) is 0 Å². The van der Waals surface area contributed by atoms with Crippen LogP contribution in [0.15, 0.2) is 24.3 Å². The maximum atomic E-state index is 12.1. The molecule has 0 saturated carbocycles. The Morgan fingerprint density at radius 3 is 1.92 bits per heavy atom. The lowest BCUT2D eigenvalue weighted by atomic mass is 9.80. The minimum Gasteiger partial charge on any atom is -0.445 e. The molecule has 66 valence electrons. The minimum atomic E-state index is -4.85. The van der Waals surface area contributed by atoms with E-state index in [2.05, 4.69) is 5.32 Å². The van der Waals surface area contributed by atoms with Crippen molar-refractivity contribution in [2.45, 2.75) is 0 Å². The van der Waals surface area contributed by atoms with E-state index < -0.39 is 12.4 Å². The van der Waals surface area contributed by atoms with E-state index in [0.717, 1.165) is 12.1 Å². The van der Waals surface area contributed by atoms with E-state index in [4.69, 9.17) is 0 Å². The summed E-state index contributed by atoms with van der Waals surface area (Å²) in [7, 11) is 1.66. The van der Waals surface area contributed by atoms with Gasteiger partial charge in [-0.2, -0.15) is 0 Å². The fraction of sp³-hybridized carbons (Fsp3) is 0.143. The van der Waals surface area contributed by atoms with Gasteiger partial charge in [-0.25, -0.2) is 0 Å². The lowest BCUT2D eigenvalue weighted by Crippen LogP contribution is -2.33. The van der Waals surface area contributed by atoms with Gasteiger partial charge in [0.25, 0.3) is 0 Å². The maximum absolute atomic E-state index is 12.1. The van der Waals surface area contributed by atoms with Crippen LogP contribution in [0.3, 0.4) is 0 Å². The van der Waals surface area contributed by atoms with Crippen LogP contribution in [0, 0.1) is 0 Å². The van der Waals surface area contributed by atoms with Crippen molar-refractivity contribution in [2.24, 2.45) is 0 Å². The molecule has 1 nitrogen and oxygen atoms in total. The summed E-state index contributed by atoms with van der Waals surface area (Å²) in [6.45, 7) is -4.85. The Morgan fingerprint density at radius 1 is 1.08 bits per heavy atom. The number of hydrogen-bond donors (Lipinski definition) is 1. The van der Waals surface area contributed by atoms with E-state index in [1.165, 1.54) is 12.1 Å². The monoisotopic (exact) mass is 174 g/mol. The fourth-order valence-corrected chi connectivity index (χ4v) is 0.868. The summed E-state index contributed by atoms with van der Waals surface area (Å²) in [5.74, 6) is 0. The zero-order valence-electron chi connectivity index (χ0n) is 6.52. The Balaban J connectivity index is 2.93. The molecule has 0 heterocycles. The third-order valence-corrected chi connectivity index (χ3v) is 1.58. The number of nitrogens with one attached hydrogen (secondary N) is 1. The van der Waals surface area contributed by atoms with Crippen LogP contribution >= 0.6 is 0 Å². The summed E-state index contributed by atoms with van der Waals surface area (Å²) in [5, 5.41) is 2.75. The summed E-state index contributed by atoms with van der Waals surface area (Å²) < 4.78 is 36.2. The smallest absolute Gasteiger partial charge is 0.445 e. The van der Waals surface area contributed by atoms with Crippen molar-refractivity contribution in [2.75, 3.05) is 12.4 Å². The molecule has 1 aromatic carbocycles. The first-order valence-electron chi connectivity index (χ1n) is 3.51. The Hall–Kier alpha value is -1.13. The van der Waals surface area contributed by atoms with Gasteiger partial charge in [-0.05, 0) is 12.1 Å². The first-order chi connectivity index (χ1) is 5.54. The molecule has 1 aromatic rings. The Morgan fingerprint density at radius 2 is 1.58 bits per heavy atom. The van der Waals surface area contributed by atoms with Gasteiger partial charge in [0, 0.05) is 12.7 Å². The third kappa shape index (κ3) is 1.93. The molecule has 0 fully saturated rings. The van der Waals surface area contributed by atoms with Gasteiger partial charge in [-0.1, -0.05) is 12.1 Å². The number of hydrogen-bond acceptors (Lipinski definition) is 1. The van der Waals surface area contributed by atoms with Crippen molar-refractivity contribution in [3.8, 4) is 0 Å². The summed E-state index contributed by atoms with van der Waals surface area (Å²) >= 11 is 0. The molecule has 0 aliphatic heterocycles. The molecule has 0 aromatic heterocycles. The van der Waals surface area contributed by atoms with Gasteiger partial charge >= 0.3 is 6.98 Å². The van der Waals surface area contributed by atoms with E-state index in [-0.39, 0.29) is 0 Å². The molecule has 0 amide bonds. The molecule has 5 heteroatoms. The van der Waals surface area contributed by atoms with Gasteiger partial charge in [-0.3, -0.25) is 0 Å². The molecule has 0 atom stereocenters. The molecular formula is C7H8BF3N-. The van der Waals surface area contributed by atoms with Crippen LogP contribution in [0.2, 0.25) is 0 Å². The largest absolute Gasteiger partial charge is 0.509 e. The van der Waals surface area contributed by atoms with E-state index >= 15 is 0 Å². The molecular weight excluding hydrogens is 166 g/mol. The molecule has 1 rings (SSSR count). The second-order valence-electron chi connectivity index (χ2n) is 2.45. The average Bonchev–Trinajstić information content (AvgIpc) is 2.03. The van der Waals surface area contributed by atoms with Crippen molar-refractivity contribution in [1.82, 2.24) is 0 Å². The molecule has 1 N–H and O–H groups in total. The van der Waals surface area contributed by atoms with Gasteiger partial charge in [0.15, 0.2) is 0 Å². The summed E-state index contributed by atoms with van der Waals surface area (Å²) in [4.78, 5) is 0. The highest BCUT2D eigenvalue weighted by Gasteiger charge is 2.24. The number of rotatable bonds is 2. The highest BCUT2D eigenvalue weighted by Crippen LogP contribution is 2.11. The SMILES string of the molecule is CNc1ccc([B-](F)(F)F)cc1. The average molecular weight is 174 g/mol. The fourth-order valence-electron chi connectivity index (χ4n) is 0.868. The van der Waals surface area contributed by atoms with Crippen LogP contribution in [0.1, 0.15) is 0 Å². The standard InChI is InChI=1S/C7H8BF3N/c1-12-7-4-2-6(3-5-7)8(9,10)11/h2-5,12H,1H3/q-1. The lowest BCUT2D eigenvalue weighted by molar-refractivity contribution is 0.501. The van der Waals surface area contributed by atoms with Crippen LogP contribution in [0.4, 0.5) is 18.6 Å². The Kier molecular flexibility index (Phi) is 2.31. The Bertz CT molecular complexity index is 254. The van der Waals surface area contributed by atoms with Crippen molar-refractivity contribution < 1.29 is 12.9 Å². The zero-order chi connectivity index (χ0) is 9.19. The van der Waals surface area contributed by atoms with Crippen molar-refractivity contribution >= 4 is 18.1 Å². The van der Waals surface area contributed by atoms with Gasteiger partial charge < -0.3 is 18.3 Å². The summed E-state index contributed by atoms with van der Waals surface area (Å²) in [6, 6.07) is 4.97. The topological polar surface area (TPSA) is 12.0 Å². The number of benzene rings is 1. The van der Waals surface area contributed by atoms with Crippen molar-refractivity contribution in [1.29, 1.82) is 0 Å². The molecule has 0 unspecified atom stereocenters. The molecule has 0 aliphatic carbocycles. The number of halogens is 3. The molecule has 12 heavy (non-hydrogen) atoms. The summed E-state index contributed by atoms with van der Waals surface area (Å²) in [6.07, 6.45) is 0. The first-order valence-corrected chi connectivity index (χ1v) is 3.51. The second kappa shape index (κ2) is 3.09. The second-order valence-corrected chi connectivity index (χ2v) is 2.45. The Labute approximate surface area is 68.6 Å². The third-order valence-electron chi connectivity index (χ3n) is 1.58. The van der Waals surface area contributed by atoms with E-state index in [1.54, 1.807) is 7.05 Å². The van der Waals surface area contributed by atoms with Crippen LogP contribution in [-0.4, -0.2) is 14.0 Å². The quantitative estimate of drug-likeness (QED) is 0.673. The molecule has 0 spiro atoms. The summed E-state index contributed by atoms with van der Waals surface area (Å²) in [5.41, 5.74) is 0.118. The predicted octanol–water partition coefficient (Wildman–Crippen LogP) is 1.78. The maximum Gasteiger partial charge on any atom is 0.509 e. The molecule has 0 aliphatic rings. The van der Waals surface area contributed by atoms with Crippen LogP contribution in [0.5, 0.6) is 0 Å². The minimum absolute atomic E-state index is 0.561. The van der Waals surface area contributed by atoms with Crippen LogP contribution in [0.25, 0.3) is 0 Å².